The maximum atomic E-state index is 13.0. The molecule has 3 atom stereocenters. The van der Waals surface area contributed by atoms with Crippen LogP contribution in [0.15, 0.2) is 0 Å². The smallest absolute Gasteiger partial charge is 0.327 e. The highest BCUT2D eigenvalue weighted by Gasteiger charge is 2.39. The monoisotopic (exact) mass is 356 g/mol. The molecule has 0 aromatic heterocycles. The van der Waals surface area contributed by atoms with Gasteiger partial charge >= 0.3 is 5.97 Å². The van der Waals surface area contributed by atoms with Gasteiger partial charge in [0.15, 0.2) is 0 Å². The van der Waals surface area contributed by atoms with Gasteiger partial charge in [-0.25, -0.2) is 4.79 Å². The van der Waals surface area contributed by atoms with E-state index in [1.165, 1.54) is 4.90 Å². The van der Waals surface area contributed by atoms with Gasteiger partial charge in [0.2, 0.25) is 11.8 Å². The molecule has 0 aromatic carbocycles. The zero-order chi connectivity index (χ0) is 19.3. The Morgan fingerprint density at radius 3 is 2.12 bits per heavy atom. The van der Waals surface area contributed by atoms with E-state index < -0.39 is 24.1 Å². The number of hydrogen-bond acceptors (Lipinski definition) is 5. The van der Waals surface area contributed by atoms with Gasteiger partial charge in [0.05, 0.1) is 6.04 Å². The van der Waals surface area contributed by atoms with Gasteiger partial charge in [0.25, 0.3) is 0 Å². The Kier molecular flexibility index (Phi) is 7.82. The number of rotatable bonds is 7. The highest BCUT2D eigenvalue weighted by atomic mass is 16.4. The second-order valence-corrected chi connectivity index (χ2v) is 7.21. The standard InChI is InChI=1S/C17H32N4O4/c1-10(2)14(19-15(22)12(5)18-6)16(23)21-8-7-20(11(3)4)9-13(21)17(24)25/h10-14,18H,7-9H2,1-6H3,(H,19,22)(H,24,25). The molecule has 1 fully saturated rings. The Hall–Kier alpha value is -1.67. The lowest BCUT2D eigenvalue weighted by Crippen LogP contribution is -2.64. The fourth-order valence-corrected chi connectivity index (χ4v) is 2.85. The Morgan fingerprint density at radius 2 is 1.68 bits per heavy atom. The molecule has 8 nitrogen and oxygen atoms in total. The third-order valence-corrected chi connectivity index (χ3v) is 4.77. The Labute approximate surface area is 149 Å². The second-order valence-electron chi connectivity index (χ2n) is 7.21. The topological polar surface area (TPSA) is 102 Å². The van der Waals surface area contributed by atoms with Gasteiger partial charge in [0.1, 0.15) is 12.1 Å². The van der Waals surface area contributed by atoms with Crippen LogP contribution in [-0.2, 0) is 14.4 Å². The lowest BCUT2D eigenvalue weighted by atomic mass is 10.00. The van der Waals surface area contributed by atoms with E-state index >= 15 is 0 Å². The van der Waals surface area contributed by atoms with Crippen LogP contribution in [0.1, 0.15) is 34.6 Å². The van der Waals surface area contributed by atoms with Crippen molar-refractivity contribution in [1.82, 2.24) is 20.4 Å². The summed E-state index contributed by atoms with van der Waals surface area (Å²) in [4.78, 5) is 40.3. The summed E-state index contributed by atoms with van der Waals surface area (Å²) in [5.74, 6) is -1.76. The predicted octanol–water partition coefficient (Wildman–Crippen LogP) is -0.259. The Balaban J connectivity index is 2.95. The molecule has 1 heterocycles. The SMILES string of the molecule is CNC(C)C(=O)NC(C(=O)N1CCN(C(C)C)CC1C(=O)O)C(C)C. The van der Waals surface area contributed by atoms with E-state index in [-0.39, 0.29) is 23.8 Å². The van der Waals surface area contributed by atoms with Gasteiger partial charge in [-0.3, -0.25) is 14.5 Å². The number of hydrogen-bond donors (Lipinski definition) is 3. The van der Waals surface area contributed by atoms with E-state index in [1.54, 1.807) is 14.0 Å². The van der Waals surface area contributed by atoms with Crippen LogP contribution < -0.4 is 10.6 Å². The minimum atomic E-state index is -1.02. The molecular formula is C17H32N4O4. The Morgan fingerprint density at radius 1 is 1.08 bits per heavy atom. The molecule has 0 spiro atoms. The lowest BCUT2D eigenvalue weighted by molar-refractivity contribution is -0.156. The van der Waals surface area contributed by atoms with E-state index in [2.05, 4.69) is 15.5 Å². The van der Waals surface area contributed by atoms with Gasteiger partial charge < -0.3 is 20.6 Å². The highest BCUT2D eigenvalue weighted by molar-refractivity contribution is 5.92. The molecule has 144 valence electrons. The summed E-state index contributed by atoms with van der Waals surface area (Å²) in [5.41, 5.74) is 0. The number of piperazine rings is 1. The van der Waals surface area contributed by atoms with Crippen molar-refractivity contribution < 1.29 is 19.5 Å². The number of nitrogens with zero attached hydrogens (tertiary/aromatic N) is 2. The normalized spacial score (nSPS) is 21.3. The van der Waals surface area contributed by atoms with Crippen molar-refractivity contribution in [1.29, 1.82) is 0 Å². The van der Waals surface area contributed by atoms with Crippen LogP contribution in [0.2, 0.25) is 0 Å². The minimum absolute atomic E-state index is 0.141. The molecule has 0 bridgehead atoms. The summed E-state index contributed by atoms with van der Waals surface area (Å²) in [6.45, 7) is 10.7. The van der Waals surface area contributed by atoms with E-state index in [1.807, 2.05) is 27.7 Å². The van der Waals surface area contributed by atoms with Crippen molar-refractivity contribution in [2.24, 2.45) is 5.92 Å². The molecule has 0 saturated carbocycles. The number of carboxylic acid groups (broad SMARTS) is 1. The molecule has 3 unspecified atom stereocenters. The first kappa shape index (κ1) is 21.4. The van der Waals surface area contributed by atoms with Crippen molar-refractivity contribution in [2.45, 2.75) is 58.8 Å². The van der Waals surface area contributed by atoms with Crippen molar-refractivity contribution in [3.05, 3.63) is 0 Å². The van der Waals surface area contributed by atoms with Crippen LogP contribution in [0.3, 0.4) is 0 Å². The molecule has 1 aliphatic rings. The van der Waals surface area contributed by atoms with Gasteiger partial charge in [-0.05, 0) is 33.7 Å². The third kappa shape index (κ3) is 5.40. The van der Waals surface area contributed by atoms with Crippen LogP contribution in [0.25, 0.3) is 0 Å². The second kappa shape index (κ2) is 9.15. The van der Waals surface area contributed by atoms with Gasteiger partial charge in [0, 0.05) is 25.7 Å². The van der Waals surface area contributed by atoms with Gasteiger partial charge in [-0.15, -0.1) is 0 Å². The number of amides is 2. The number of aliphatic carboxylic acids is 1. The van der Waals surface area contributed by atoms with Crippen molar-refractivity contribution in [3.63, 3.8) is 0 Å². The van der Waals surface area contributed by atoms with Gasteiger partial charge in [-0.2, -0.15) is 0 Å². The summed E-state index contributed by atoms with van der Waals surface area (Å²) in [5, 5.41) is 15.2. The third-order valence-electron chi connectivity index (χ3n) is 4.77. The molecule has 0 aromatic rings. The van der Waals surface area contributed by atoms with Crippen LogP contribution in [0.4, 0.5) is 0 Å². The zero-order valence-electron chi connectivity index (χ0n) is 16.1. The number of carbonyl (C=O) groups is 3. The number of nitrogens with one attached hydrogen (secondary N) is 2. The fraction of sp³-hybridized carbons (Fsp3) is 0.824. The largest absolute Gasteiger partial charge is 0.480 e. The summed E-state index contributed by atoms with van der Waals surface area (Å²) in [7, 11) is 1.67. The molecule has 0 aliphatic carbocycles. The van der Waals surface area contributed by atoms with E-state index in [9.17, 15) is 19.5 Å². The quantitative estimate of drug-likeness (QED) is 0.581. The molecule has 1 rings (SSSR count). The van der Waals surface area contributed by atoms with Crippen LogP contribution in [-0.4, -0.2) is 83.5 Å². The lowest BCUT2D eigenvalue weighted by Gasteiger charge is -2.42. The number of carbonyl (C=O) groups excluding carboxylic acids is 2. The first-order valence-corrected chi connectivity index (χ1v) is 8.85. The molecule has 1 saturated heterocycles. The summed E-state index contributed by atoms with van der Waals surface area (Å²) in [6, 6.07) is -1.85. The van der Waals surface area contributed by atoms with Gasteiger partial charge in [-0.1, -0.05) is 13.8 Å². The Bertz CT molecular complexity index is 495. The van der Waals surface area contributed by atoms with E-state index in [0.717, 1.165) is 0 Å². The van der Waals surface area contributed by atoms with Crippen LogP contribution in [0.5, 0.6) is 0 Å². The average Bonchev–Trinajstić information content (AvgIpc) is 2.56. The first-order chi connectivity index (χ1) is 11.6. The predicted molar refractivity (Wildman–Crippen MR) is 95.1 cm³/mol. The molecular weight excluding hydrogens is 324 g/mol. The minimum Gasteiger partial charge on any atom is -0.480 e. The van der Waals surface area contributed by atoms with E-state index in [0.29, 0.717) is 19.6 Å². The highest BCUT2D eigenvalue weighted by Crippen LogP contribution is 2.17. The zero-order valence-corrected chi connectivity index (χ0v) is 16.1. The fourth-order valence-electron chi connectivity index (χ4n) is 2.85. The molecule has 1 aliphatic heterocycles. The molecule has 2 amide bonds. The van der Waals surface area contributed by atoms with E-state index in [4.69, 9.17) is 0 Å². The van der Waals surface area contributed by atoms with Crippen molar-refractivity contribution >= 4 is 17.8 Å². The molecule has 8 heteroatoms. The maximum absolute atomic E-state index is 13.0. The van der Waals surface area contributed by atoms with Crippen molar-refractivity contribution in [3.8, 4) is 0 Å². The van der Waals surface area contributed by atoms with Crippen LogP contribution in [0, 0.1) is 5.92 Å². The molecule has 0 radical (unpaired) electrons. The summed E-state index contributed by atoms with van der Waals surface area (Å²) >= 11 is 0. The first-order valence-electron chi connectivity index (χ1n) is 8.85. The van der Waals surface area contributed by atoms with Crippen molar-refractivity contribution in [2.75, 3.05) is 26.7 Å². The molecule has 3 N–H and O–H groups in total. The summed E-state index contributed by atoms with van der Waals surface area (Å²) < 4.78 is 0. The average molecular weight is 356 g/mol. The maximum Gasteiger partial charge on any atom is 0.327 e. The number of likely N-dealkylation sites (N-methyl/N-ethyl adjacent to an activating group) is 1. The van der Waals surface area contributed by atoms with Crippen LogP contribution >= 0.6 is 0 Å². The summed E-state index contributed by atoms with van der Waals surface area (Å²) in [6.07, 6.45) is 0. The molecule has 25 heavy (non-hydrogen) atoms. The number of carboxylic acids is 1.